The molecule has 0 atom stereocenters. The van der Waals surface area contributed by atoms with E-state index in [1.54, 1.807) is 0 Å². The standard InChI is InChI=1S/C63H41N7/c64-52-39-44(32-35-57(52)70-54-29-14-10-25-47(54)49-33-36-58-59(60(49)70)50-27-12-15-30-55(50)69(58)46-23-8-3-9-24-46)63-66-61(42-20-16-19-41(37-42)40-17-4-1-5-18-40)65-62(67-63)43-31-34-56-51(38-43)48-26-11-13-28-53(48)68(56)45-21-6-2-7-22-45/h1-39H,64H2. The zero-order valence-electron chi connectivity index (χ0n) is 37.8. The Bertz CT molecular complexity index is 4360. The average molecular weight is 896 g/mol. The molecular formula is C63H41N7. The molecule has 0 saturated heterocycles. The van der Waals surface area contributed by atoms with Crippen LogP contribution in [0.5, 0.6) is 0 Å². The lowest BCUT2D eigenvalue weighted by molar-refractivity contribution is 1.07. The molecule has 4 aromatic heterocycles. The minimum atomic E-state index is 0.533. The lowest BCUT2D eigenvalue weighted by atomic mass is 10.0. The quantitative estimate of drug-likeness (QED) is 0.162. The molecule has 7 heteroatoms. The molecule has 0 aliphatic carbocycles. The Morgan fingerprint density at radius 1 is 0.286 bits per heavy atom. The van der Waals surface area contributed by atoms with Crippen LogP contribution in [-0.4, -0.2) is 28.7 Å². The first kappa shape index (κ1) is 39.6. The van der Waals surface area contributed by atoms with Crippen molar-refractivity contribution in [2.24, 2.45) is 0 Å². The van der Waals surface area contributed by atoms with Crippen LogP contribution in [0.1, 0.15) is 0 Å². The van der Waals surface area contributed by atoms with Gasteiger partial charge in [0.1, 0.15) is 0 Å². The van der Waals surface area contributed by atoms with E-state index in [0.29, 0.717) is 23.2 Å². The summed E-state index contributed by atoms with van der Waals surface area (Å²) in [4.78, 5) is 15.8. The first-order valence-corrected chi connectivity index (χ1v) is 23.6. The molecule has 14 rings (SSSR count). The summed E-state index contributed by atoms with van der Waals surface area (Å²) in [5.74, 6) is 1.68. The molecular weight excluding hydrogens is 855 g/mol. The van der Waals surface area contributed by atoms with Gasteiger partial charge in [-0.05, 0) is 102 Å². The summed E-state index contributed by atoms with van der Waals surface area (Å²) in [6.45, 7) is 0. The molecule has 2 N–H and O–H groups in total. The second-order valence-electron chi connectivity index (χ2n) is 17.8. The summed E-state index contributed by atoms with van der Waals surface area (Å²) in [5, 5.41) is 6.94. The minimum absolute atomic E-state index is 0.533. The van der Waals surface area contributed by atoms with Crippen LogP contribution >= 0.6 is 0 Å². The van der Waals surface area contributed by atoms with E-state index in [0.717, 1.165) is 99.5 Å². The van der Waals surface area contributed by atoms with Crippen molar-refractivity contribution in [3.05, 3.63) is 237 Å². The van der Waals surface area contributed by atoms with Crippen LogP contribution in [0.2, 0.25) is 0 Å². The highest BCUT2D eigenvalue weighted by atomic mass is 15.0. The second-order valence-corrected chi connectivity index (χ2v) is 17.8. The van der Waals surface area contributed by atoms with Gasteiger partial charge in [0.25, 0.3) is 0 Å². The van der Waals surface area contributed by atoms with Crippen LogP contribution in [-0.2, 0) is 0 Å². The number of fused-ring (bicyclic) bond motifs is 10. The Labute approximate surface area is 402 Å². The van der Waals surface area contributed by atoms with E-state index in [1.165, 1.54) is 10.8 Å². The van der Waals surface area contributed by atoms with E-state index >= 15 is 0 Å². The molecule has 7 nitrogen and oxygen atoms in total. The van der Waals surface area contributed by atoms with Gasteiger partial charge in [-0.25, -0.2) is 15.0 Å². The van der Waals surface area contributed by atoms with Crippen molar-refractivity contribution in [3.8, 4) is 62.4 Å². The van der Waals surface area contributed by atoms with E-state index in [2.05, 4.69) is 238 Å². The van der Waals surface area contributed by atoms with Crippen molar-refractivity contribution >= 4 is 71.1 Å². The highest BCUT2D eigenvalue weighted by molar-refractivity contribution is 6.26. The maximum Gasteiger partial charge on any atom is 0.164 e. The van der Waals surface area contributed by atoms with Crippen LogP contribution in [0.3, 0.4) is 0 Å². The molecule has 0 unspecified atom stereocenters. The van der Waals surface area contributed by atoms with Gasteiger partial charge in [-0.3, -0.25) is 0 Å². The number of rotatable bonds is 7. The molecule has 0 amide bonds. The van der Waals surface area contributed by atoms with Crippen molar-refractivity contribution in [1.82, 2.24) is 28.7 Å². The van der Waals surface area contributed by atoms with E-state index in [-0.39, 0.29) is 0 Å². The zero-order chi connectivity index (χ0) is 46.3. The van der Waals surface area contributed by atoms with Crippen molar-refractivity contribution < 1.29 is 0 Å². The average Bonchev–Trinajstić information content (AvgIpc) is 4.07. The Hall–Kier alpha value is -9.59. The SMILES string of the molecule is Nc1cc(-c2nc(-c3cccc(-c4ccccc4)c3)nc(-c3ccc4c(c3)c3ccccc3n4-c3ccccc3)n2)ccc1-n1c2ccccc2c2ccc3c(c4ccccc4n3-c3ccccc3)c21. The molecule has 14 aromatic rings. The van der Waals surface area contributed by atoms with Crippen molar-refractivity contribution in [1.29, 1.82) is 0 Å². The fourth-order valence-electron chi connectivity index (χ4n) is 10.7. The summed E-state index contributed by atoms with van der Waals surface area (Å²) >= 11 is 0. The first-order valence-electron chi connectivity index (χ1n) is 23.6. The van der Waals surface area contributed by atoms with Gasteiger partial charge in [-0.1, -0.05) is 146 Å². The predicted molar refractivity (Wildman–Crippen MR) is 289 cm³/mol. The van der Waals surface area contributed by atoms with Crippen molar-refractivity contribution in [3.63, 3.8) is 0 Å². The highest BCUT2D eigenvalue weighted by Crippen LogP contribution is 2.43. The molecule has 0 aliphatic rings. The van der Waals surface area contributed by atoms with Crippen LogP contribution < -0.4 is 5.73 Å². The summed E-state index contributed by atoms with van der Waals surface area (Å²) < 4.78 is 7.03. The van der Waals surface area contributed by atoms with Gasteiger partial charge in [0.15, 0.2) is 17.5 Å². The minimum Gasteiger partial charge on any atom is -0.397 e. The van der Waals surface area contributed by atoms with Gasteiger partial charge in [-0.15, -0.1) is 0 Å². The van der Waals surface area contributed by atoms with Gasteiger partial charge in [0.05, 0.1) is 44.5 Å². The normalized spacial score (nSPS) is 11.8. The summed E-state index contributed by atoms with van der Waals surface area (Å²) in [6, 6.07) is 83.1. The maximum absolute atomic E-state index is 7.33. The number of hydrogen-bond donors (Lipinski definition) is 1. The van der Waals surface area contributed by atoms with Gasteiger partial charge >= 0.3 is 0 Å². The van der Waals surface area contributed by atoms with E-state index in [4.69, 9.17) is 20.7 Å². The zero-order valence-corrected chi connectivity index (χ0v) is 37.8. The third-order valence-electron chi connectivity index (χ3n) is 13.8. The van der Waals surface area contributed by atoms with Crippen LogP contribution in [0.4, 0.5) is 5.69 Å². The smallest absolute Gasteiger partial charge is 0.164 e. The van der Waals surface area contributed by atoms with Gasteiger partial charge < -0.3 is 19.4 Å². The number of anilines is 1. The molecule has 0 radical (unpaired) electrons. The number of nitrogens with zero attached hydrogens (tertiary/aromatic N) is 6. The topological polar surface area (TPSA) is 79.5 Å². The van der Waals surface area contributed by atoms with Gasteiger partial charge in [0.2, 0.25) is 0 Å². The number of benzene rings is 10. The molecule has 4 heterocycles. The lowest BCUT2D eigenvalue weighted by Gasteiger charge is -2.14. The molecule has 0 fully saturated rings. The fraction of sp³-hybridized carbons (Fsp3) is 0. The van der Waals surface area contributed by atoms with Gasteiger partial charge in [-0.2, -0.15) is 0 Å². The van der Waals surface area contributed by atoms with E-state index < -0.39 is 0 Å². The largest absolute Gasteiger partial charge is 0.397 e. The second kappa shape index (κ2) is 15.8. The Kier molecular flexibility index (Phi) is 8.91. The number of para-hydroxylation sites is 5. The summed E-state index contributed by atoms with van der Waals surface area (Å²) in [5.41, 5.74) is 22.5. The highest BCUT2D eigenvalue weighted by Gasteiger charge is 2.23. The van der Waals surface area contributed by atoms with Gasteiger partial charge in [0, 0.05) is 60.4 Å². The molecule has 0 aliphatic heterocycles. The number of aromatic nitrogens is 6. The summed E-state index contributed by atoms with van der Waals surface area (Å²) in [7, 11) is 0. The number of nitrogens with two attached hydrogens (primary N) is 1. The predicted octanol–water partition coefficient (Wildman–Crippen LogP) is 15.4. The van der Waals surface area contributed by atoms with Crippen molar-refractivity contribution in [2.75, 3.05) is 5.73 Å². The van der Waals surface area contributed by atoms with Crippen LogP contribution in [0.15, 0.2) is 237 Å². The van der Waals surface area contributed by atoms with Crippen LogP contribution in [0, 0.1) is 0 Å². The van der Waals surface area contributed by atoms with E-state index in [1.807, 2.05) is 12.1 Å². The maximum atomic E-state index is 7.33. The van der Waals surface area contributed by atoms with Crippen LogP contribution in [0.25, 0.3) is 128 Å². The molecule has 0 saturated carbocycles. The Morgan fingerprint density at radius 2 is 0.743 bits per heavy atom. The third kappa shape index (κ3) is 6.19. The number of hydrogen-bond acceptors (Lipinski definition) is 4. The Balaban J connectivity index is 0.968. The van der Waals surface area contributed by atoms with Crippen molar-refractivity contribution in [2.45, 2.75) is 0 Å². The Morgan fingerprint density at radius 3 is 1.40 bits per heavy atom. The fourth-order valence-corrected chi connectivity index (χ4v) is 10.7. The first-order chi connectivity index (χ1) is 34.6. The molecule has 0 bridgehead atoms. The number of nitrogen functional groups attached to an aromatic ring is 1. The molecule has 328 valence electrons. The summed E-state index contributed by atoms with van der Waals surface area (Å²) in [6.07, 6.45) is 0. The monoisotopic (exact) mass is 895 g/mol. The molecule has 70 heavy (non-hydrogen) atoms. The molecule has 10 aromatic carbocycles. The third-order valence-corrected chi connectivity index (χ3v) is 13.8. The molecule has 0 spiro atoms. The van der Waals surface area contributed by atoms with E-state index in [9.17, 15) is 0 Å². The lowest BCUT2D eigenvalue weighted by Crippen LogP contribution is -2.03.